The van der Waals surface area contributed by atoms with Gasteiger partial charge in [-0.15, -0.1) is 11.6 Å². The van der Waals surface area contributed by atoms with Crippen molar-refractivity contribution in [2.75, 3.05) is 25.7 Å². The standard InChI is InChI=1S/C15H19ClO2/c1-2-3-10-17-11-12-18-15-8-4-6-14(13-15)7-5-9-16/h4,6,8,13H,2-3,9-12H2,1H3. The highest BCUT2D eigenvalue weighted by atomic mass is 35.5. The summed E-state index contributed by atoms with van der Waals surface area (Å²) in [5, 5.41) is 0. The maximum atomic E-state index is 5.58. The first-order chi connectivity index (χ1) is 8.86. The molecular formula is C15H19ClO2. The largest absolute Gasteiger partial charge is 0.491 e. The van der Waals surface area contributed by atoms with Gasteiger partial charge in [-0.25, -0.2) is 0 Å². The van der Waals surface area contributed by atoms with Crippen LogP contribution in [0.5, 0.6) is 5.75 Å². The van der Waals surface area contributed by atoms with E-state index in [9.17, 15) is 0 Å². The van der Waals surface area contributed by atoms with Gasteiger partial charge in [-0.3, -0.25) is 0 Å². The number of hydrogen-bond donors (Lipinski definition) is 0. The van der Waals surface area contributed by atoms with Gasteiger partial charge in [-0.1, -0.05) is 31.3 Å². The number of rotatable bonds is 7. The molecule has 1 aromatic carbocycles. The molecule has 0 amide bonds. The molecule has 18 heavy (non-hydrogen) atoms. The van der Waals surface area contributed by atoms with E-state index in [4.69, 9.17) is 21.1 Å². The van der Waals surface area contributed by atoms with Crippen LogP contribution in [0.1, 0.15) is 25.3 Å². The molecule has 0 atom stereocenters. The van der Waals surface area contributed by atoms with Crippen molar-refractivity contribution < 1.29 is 9.47 Å². The van der Waals surface area contributed by atoms with Crippen molar-refractivity contribution in [1.29, 1.82) is 0 Å². The van der Waals surface area contributed by atoms with Gasteiger partial charge in [0.15, 0.2) is 0 Å². The lowest BCUT2D eigenvalue weighted by Crippen LogP contribution is -2.07. The van der Waals surface area contributed by atoms with Gasteiger partial charge >= 0.3 is 0 Å². The van der Waals surface area contributed by atoms with E-state index in [1.165, 1.54) is 0 Å². The Balaban J connectivity index is 2.29. The van der Waals surface area contributed by atoms with Crippen LogP contribution < -0.4 is 4.74 Å². The topological polar surface area (TPSA) is 18.5 Å². The SMILES string of the molecule is CCCCOCCOc1cccc(C#CCCl)c1. The third-order valence-electron chi connectivity index (χ3n) is 2.27. The zero-order valence-electron chi connectivity index (χ0n) is 10.7. The predicted molar refractivity (Wildman–Crippen MR) is 75.3 cm³/mol. The van der Waals surface area contributed by atoms with E-state index < -0.39 is 0 Å². The van der Waals surface area contributed by atoms with Crippen LogP contribution in [0.15, 0.2) is 24.3 Å². The maximum absolute atomic E-state index is 5.58. The third kappa shape index (κ3) is 6.54. The van der Waals surface area contributed by atoms with Gasteiger partial charge in [-0.05, 0) is 24.6 Å². The fourth-order valence-electron chi connectivity index (χ4n) is 1.37. The highest BCUT2D eigenvalue weighted by Gasteiger charge is 1.95. The first kappa shape index (κ1) is 14.9. The number of hydrogen-bond acceptors (Lipinski definition) is 2. The van der Waals surface area contributed by atoms with E-state index in [0.717, 1.165) is 30.8 Å². The minimum atomic E-state index is 0.344. The molecule has 0 spiro atoms. The Labute approximate surface area is 114 Å². The summed E-state index contributed by atoms with van der Waals surface area (Å²) in [5.41, 5.74) is 0.917. The molecule has 0 fully saturated rings. The summed E-state index contributed by atoms with van der Waals surface area (Å²) >= 11 is 5.51. The van der Waals surface area contributed by atoms with E-state index in [0.29, 0.717) is 19.1 Å². The molecule has 0 bridgehead atoms. The average Bonchev–Trinajstić information content (AvgIpc) is 2.41. The second-order valence-corrected chi connectivity index (χ2v) is 4.04. The van der Waals surface area contributed by atoms with Crippen LogP contribution in [0.3, 0.4) is 0 Å². The Morgan fingerprint density at radius 3 is 2.89 bits per heavy atom. The summed E-state index contributed by atoms with van der Waals surface area (Å²) in [6.07, 6.45) is 2.26. The van der Waals surface area contributed by atoms with Crippen LogP contribution in [-0.2, 0) is 4.74 Å². The molecule has 0 radical (unpaired) electrons. The normalized spacial score (nSPS) is 9.67. The molecule has 0 N–H and O–H groups in total. The molecule has 0 unspecified atom stereocenters. The van der Waals surface area contributed by atoms with Crippen LogP contribution in [0.25, 0.3) is 0 Å². The fraction of sp³-hybridized carbons (Fsp3) is 0.467. The van der Waals surface area contributed by atoms with Gasteiger partial charge < -0.3 is 9.47 Å². The molecule has 0 aromatic heterocycles. The molecule has 2 nitrogen and oxygen atoms in total. The molecule has 1 aromatic rings. The summed E-state index contributed by atoms with van der Waals surface area (Å²) < 4.78 is 11.0. The number of alkyl halides is 1. The highest BCUT2D eigenvalue weighted by molar-refractivity contribution is 6.19. The van der Waals surface area contributed by atoms with Gasteiger partial charge in [0.2, 0.25) is 0 Å². The lowest BCUT2D eigenvalue weighted by Gasteiger charge is -2.07. The zero-order chi connectivity index (χ0) is 13.1. The average molecular weight is 267 g/mol. The van der Waals surface area contributed by atoms with E-state index in [2.05, 4.69) is 18.8 Å². The summed E-state index contributed by atoms with van der Waals surface area (Å²) in [6.45, 7) is 4.14. The van der Waals surface area contributed by atoms with E-state index >= 15 is 0 Å². The first-order valence-electron chi connectivity index (χ1n) is 6.22. The van der Waals surface area contributed by atoms with Gasteiger partial charge in [-0.2, -0.15) is 0 Å². The van der Waals surface area contributed by atoms with Crippen LogP contribution in [0, 0.1) is 11.8 Å². The number of benzene rings is 1. The monoisotopic (exact) mass is 266 g/mol. The van der Waals surface area contributed by atoms with Gasteiger partial charge in [0.25, 0.3) is 0 Å². The summed E-state index contributed by atoms with van der Waals surface area (Å²) in [5.74, 6) is 6.94. The Morgan fingerprint density at radius 1 is 1.22 bits per heavy atom. The Kier molecular flexibility index (Phi) is 8.12. The van der Waals surface area contributed by atoms with Crippen molar-refractivity contribution in [2.45, 2.75) is 19.8 Å². The van der Waals surface area contributed by atoms with Crippen LogP contribution in [0.2, 0.25) is 0 Å². The fourth-order valence-corrected chi connectivity index (χ4v) is 1.43. The second kappa shape index (κ2) is 9.82. The lowest BCUT2D eigenvalue weighted by molar-refractivity contribution is 0.0980. The second-order valence-electron chi connectivity index (χ2n) is 3.78. The molecule has 0 aliphatic heterocycles. The van der Waals surface area contributed by atoms with Crippen LogP contribution in [0.4, 0.5) is 0 Å². The lowest BCUT2D eigenvalue weighted by atomic mass is 10.2. The molecule has 98 valence electrons. The predicted octanol–water partition coefficient (Wildman–Crippen LogP) is 3.47. The molecular weight excluding hydrogens is 248 g/mol. The molecule has 0 saturated carbocycles. The van der Waals surface area contributed by atoms with Crippen LogP contribution >= 0.6 is 11.6 Å². The van der Waals surface area contributed by atoms with Gasteiger partial charge in [0.1, 0.15) is 12.4 Å². The smallest absolute Gasteiger partial charge is 0.120 e. The number of ether oxygens (including phenoxy) is 2. The number of unbranched alkanes of at least 4 members (excludes halogenated alkanes) is 1. The quantitative estimate of drug-likeness (QED) is 0.427. The highest BCUT2D eigenvalue weighted by Crippen LogP contribution is 2.12. The van der Waals surface area contributed by atoms with Crippen molar-refractivity contribution in [3.05, 3.63) is 29.8 Å². The van der Waals surface area contributed by atoms with Crippen molar-refractivity contribution in [2.24, 2.45) is 0 Å². The summed E-state index contributed by atoms with van der Waals surface area (Å²) in [6, 6.07) is 7.68. The molecule has 0 aliphatic carbocycles. The maximum Gasteiger partial charge on any atom is 0.120 e. The van der Waals surface area contributed by atoms with Gasteiger partial charge in [0, 0.05) is 12.2 Å². The summed E-state index contributed by atoms with van der Waals surface area (Å²) in [4.78, 5) is 0. The molecule has 1 rings (SSSR count). The van der Waals surface area contributed by atoms with E-state index in [1.807, 2.05) is 24.3 Å². The zero-order valence-corrected chi connectivity index (χ0v) is 11.5. The Bertz CT molecular complexity index is 393. The van der Waals surface area contributed by atoms with Crippen molar-refractivity contribution in [3.63, 3.8) is 0 Å². The van der Waals surface area contributed by atoms with E-state index in [1.54, 1.807) is 0 Å². The van der Waals surface area contributed by atoms with Crippen LogP contribution in [-0.4, -0.2) is 25.7 Å². The third-order valence-corrected chi connectivity index (χ3v) is 2.41. The van der Waals surface area contributed by atoms with E-state index in [-0.39, 0.29) is 0 Å². The first-order valence-corrected chi connectivity index (χ1v) is 6.75. The molecule has 0 heterocycles. The van der Waals surface area contributed by atoms with Gasteiger partial charge in [0.05, 0.1) is 12.5 Å². The van der Waals surface area contributed by atoms with Crippen molar-refractivity contribution >= 4 is 11.6 Å². The Hall–Kier alpha value is -1.17. The molecule has 0 saturated heterocycles. The minimum absolute atomic E-state index is 0.344. The number of halogens is 1. The van der Waals surface area contributed by atoms with Crippen molar-refractivity contribution in [3.8, 4) is 17.6 Å². The van der Waals surface area contributed by atoms with Crippen molar-refractivity contribution in [1.82, 2.24) is 0 Å². The minimum Gasteiger partial charge on any atom is -0.491 e. The Morgan fingerprint density at radius 2 is 2.11 bits per heavy atom. The molecule has 0 aliphatic rings. The summed E-state index contributed by atoms with van der Waals surface area (Å²) in [7, 11) is 0. The molecule has 3 heteroatoms.